The third-order valence-corrected chi connectivity index (χ3v) is 4.98. The Morgan fingerprint density at radius 3 is 2.62 bits per heavy atom. The molecule has 0 radical (unpaired) electrons. The summed E-state index contributed by atoms with van der Waals surface area (Å²) in [5, 5.41) is 9.66. The largest absolute Gasteiger partial charge is 0.444 e. The van der Waals surface area contributed by atoms with Gasteiger partial charge in [0.05, 0.1) is 17.9 Å². The first kappa shape index (κ1) is 23.3. The number of hydrogen-bond acceptors (Lipinski definition) is 5. The molecule has 0 fully saturated rings. The maximum absolute atomic E-state index is 13.0. The van der Waals surface area contributed by atoms with Crippen LogP contribution < -0.4 is 10.6 Å². The Labute approximate surface area is 191 Å². The molecular formula is C20H25FIN5OS. The summed E-state index contributed by atoms with van der Waals surface area (Å²) in [7, 11) is 1.74. The van der Waals surface area contributed by atoms with Crippen LogP contribution in [0.1, 0.15) is 36.2 Å². The van der Waals surface area contributed by atoms with E-state index in [0.29, 0.717) is 37.3 Å². The lowest BCUT2D eigenvalue weighted by Crippen LogP contribution is -2.37. The minimum Gasteiger partial charge on any atom is -0.444 e. The van der Waals surface area contributed by atoms with E-state index < -0.39 is 0 Å². The monoisotopic (exact) mass is 529 g/mol. The maximum atomic E-state index is 13.0. The van der Waals surface area contributed by atoms with E-state index in [2.05, 4.69) is 44.8 Å². The maximum Gasteiger partial charge on any atom is 0.226 e. The van der Waals surface area contributed by atoms with Crippen LogP contribution in [0.4, 0.5) is 4.39 Å². The molecule has 2 aromatic heterocycles. The highest BCUT2D eigenvalue weighted by Crippen LogP contribution is 2.19. The van der Waals surface area contributed by atoms with Crippen LogP contribution in [0.25, 0.3) is 11.5 Å². The van der Waals surface area contributed by atoms with Crippen LogP contribution >= 0.6 is 35.3 Å². The summed E-state index contributed by atoms with van der Waals surface area (Å²) >= 11 is 1.65. The summed E-state index contributed by atoms with van der Waals surface area (Å²) < 4.78 is 18.5. The van der Waals surface area contributed by atoms with Crippen LogP contribution in [-0.2, 0) is 13.0 Å². The van der Waals surface area contributed by atoms with Crippen molar-refractivity contribution < 1.29 is 8.81 Å². The van der Waals surface area contributed by atoms with E-state index in [1.54, 1.807) is 36.8 Å². The predicted octanol–water partition coefficient (Wildman–Crippen LogP) is 4.59. The lowest BCUT2D eigenvalue weighted by Gasteiger charge is -2.10. The molecule has 0 saturated carbocycles. The number of thiazole rings is 1. The Hall–Kier alpha value is -2.01. The van der Waals surface area contributed by atoms with Gasteiger partial charge >= 0.3 is 0 Å². The van der Waals surface area contributed by atoms with Crippen molar-refractivity contribution >= 4 is 41.3 Å². The second-order valence-electron chi connectivity index (χ2n) is 6.57. The molecule has 0 unspecified atom stereocenters. The number of nitrogens with zero attached hydrogens (tertiary/aromatic N) is 3. The van der Waals surface area contributed by atoms with Crippen molar-refractivity contribution in [3.63, 3.8) is 0 Å². The van der Waals surface area contributed by atoms with Crippen LogP contribution in [0.5, 0.6) is 0 Å². The molecule has 156 valence electrons. The normalized spacial score (nSPS) is 11.4. The van der Waals surface area contributed by atoms with Crippen molar-refractivity contribution in [2.24, 2.45) is 4.99 Å². The molecular weight excluding hydrogens is 504 g/mol. The third kappa shape index (κ3) is 6.77. The number of hydrogen-bond donors (Lipinski definition) is 2. The van der Waals surface area contributed by atoms with Gasteiger partial charge in [-0.15, -0.1) is 35.3 Å². The van der Waals surface area contributed by atoms with Crippen molar-refractivity contribution in [3.8, 4) is 11.5 Å². The van der Waals surface area contributed by atoms with E-state index in [9.17, 15) is 4.39 Å². The van der Waals surface area contributed by atoms with Gasteiger partial charge in [-0.25, -0.2) is 14.4 Å². The Bertz CT molecular complexity index is 923. The van der Waals surface area contributed by atoms with Crippen LogP contribution in [0, 0.1) is 5.82 Å². The van der Waals surface area contributed by atoms with E-state index in [1.165, 1.54) is 12.1 Å². The predicted molar refractivity (Wildman–Crippen MR) is 125 cm³/mol. The molecule has 1 aromatic carbocycles. The highest BCUT2D eigenvalue weighted by molar-refractivity contribution is 14.0. The minimum absolute atomic E-state index is 0. The first-order valence-electron chi connectivity index (χ1n) is 9.14. The van der Waals surface area contributed by atoms with Crippen molar-refractivity contribution in [3.05, 3.63) is 58.1 Å². The van der Waals surface area contributed by atoms with Crippen LogP contribution in [0.15, 0.2) is 45.3 Å². The summed E-state index contributed by atoms with van der Waals surface area (Å²) in [4.78, 5) is 13.3. The smallest absolute Gasteiger partial charge is 0.226 e. The zero-order valence-electron chi connectivity index (χ0n) is 16.6. The van der Waals surface area contributed by atoms with Crippen molar-refractivity contribution in [1.82, 2.24) is 20.6 Å². The fourth-order valence-electron chi connectivity index (χ4n) is 2.51. The van der Waals surface area contributed by atoms with Gasteiger partial charge in [0, 0.05) is 31.0 Å². The molecule has 0 atom stereocenters. The fourth-order valence-corrected chi connectivity index (χ4v) is 3.40. The molecule has 0 aliphatic carbocycles. The fraction of sp³-hybridized carbons (Fsp3) is 0.350. The number of guanidine groups is 1. The second-order valence-corrected chi connectivity index (χ2v) is 7.52. The van der Waals surface area contributed by atoms with Crippen molar-refractivity contribution in [1.29, 1.82) is 0 Å². The van der Waals surface area contributed by atoms with Gasteiger partial charge < -0.3 is 15.1 Å². The summed E-state index contributed by atoms with van der Waals surface area (Å²) in [6.45, 7) is 5.57. The number of halogens is 2. The number of aromatic nitrogens is 2. The molecule has 3 rings (SSSR count). The third-order valence-electron chi connectivity index (χ3n) is 4.11. The summed E-state index contributed by atoms with van der Waals surface area (Å²) in [6, 6.07) is 6.09. The topological polar surface area (TPSA) is 75.3 Å². The molecule has 0 spiro atoms. The average Bonchev–Trinajstić information content (AvgIpc) is 3.35. The van der Waals surface area contributed by atoms with Gasteiger partial charge in [-0.1, -0.05) is 13.8 Å². The van der Waals surface area contributed by atoms with E-state index >= 15 is 0 Å². The first-order valence-corrected chi connectivity index (χ1v) is 10.0. The standard InChI is InChI=1S/C20H24FN5OS.HI/c1-13(2)17-12-28-18(26-17)10-24-20(22-3)23-9-8-16-11-27-19(25-16)14-4-6-15(21)7-5-14;/h4-7,11-13H,8-10H2,1-3H3,(H2,22,23,24);1H. The molecule has 6 nitrogen and oxygen atoms in total. The Morgan fingerprint density at radius 1 is 1.21 bits per heavy atom. The average molecular weight is 529 g/mol. The lowest BCUT2D eigenvalue weighted by molar-refractivity contribution is 0.571. The summed E-state index contributed by atoms with van der Waals surface area (Å²) in [5.41, 5.74) is 2.69. The second kappa shape index (κ2) is 11.2. The Balaban J connectivity index is 0.00000300. The Kier molecular flexibility index (Phi) is 9.02. The number of nitrogens with one attached hydrogen (secondary N) is 2. The van der Waals surface area contributed by atoms with Gasteiger partial charge in [-0.3, -0.25) is 4.99 Å². The van der Waals surface area contributed by atoms with E-state index in [1.807, 2.05) is 0 Å². The van der Waals surface area contributed by atoms with Gasteiger partial charge in [0.2, 0.25) is 5.89 Å². The van der Waals surface area contributed by atoms with Gasteiger partial charge in [-0.2, -0.15) is 0 Å². The van der Waals surface area contributed by atoms with Crippen LogP contribution in [0.3, 0.4) is 0 Å². The highest BCUT2D eigenvalue weighted by Gasteiger charge is 2.08. The molecule has 0 aliphatic rings. The van der Waals surface area contributed by atoms with Gasteiger partial charge in [0.15, 0.2) is 5.96 Å². The van der Waals surface area contributed by atoms with Crippen molar-refractivity contribution in [2.45, 2.75) is 32.7 Å². The number of benzene rings is 1. The first-order chi connectivity index (χ1) is 13.5. The molecule has 29 heavy (non-hydrogen) atoms. The van der Waals surface area contributed by atoms with Crippen LogP contribution in [-0.4, -0.2) is 29.5 Å². The molecule has 3 aromatic rings. The number of rotatable bonds is 7. The van der Waals surface area contributed by atoms with E-state index in [0.717, 1.165) is 22.0 Å². The van der Waals surface area contributed by atoms with E-state index in [4.69, 9.17) is 4.42 Å². The molecule has 2 heterocycles. The number of aliphatic imine (C=N–C) groups is 1. The quantitative estimate of drug-likeness (QED) is 0.266. The van der Waals surface area contributed by atoms with E-state index in [-0.39, 0.29) is 29.8 Å². The van der Waals surface area contributed by atoms with Gasteiger partial charge in [0.1, 0.15) is 17.1 Å². The Morgan fingerprint density at radius 2 is 1.97 bits per heavy atom. The van der Waals surface area contributed by atoms with Crippen LogP contribution in [0.2, 0.25) is 0 Å². The highest BCUT2D eigenvalue weighted by atomic mass is 127. The minimum atomic E-state index is -0.281. The molecule has 9 heteroatoms. The lowest BCUT2D eigenvalue weighted by atomic mass is 10.2. The summed E-state index contributed by atoms with van der Waals surface area (Å²) in [6.07, 6.45) is 2.31. The van der Waals surface area contributed by atoms with Gasteiger partial charge in [0.25, 0.3) is 0 Å². The van der Waals surface area contributed by atoms with Gasteiger partial charge in [-0.05, 0) is 30.2 Å². The molecule has 0 aliphatic heterocycles. The number of oxazole rings is 1. The van der Waals surface area contributed by atoms with Crippen molar-refractivity contribution in [2.75, 3.05) is 13.6 Å². The SMILES string of the molecule is CN=C(NCCc1coc(-c2ccc(F)cc2)n1)NCc1nc(C(C)C)cs1.I. The molecule has 0 saturated heterocycles. The molecule has 2 N–H and O–H groups in total. The molecule has 0 amide bonds. The zero-order chi connectivity index (χ0) is 19.9. The summed E-state index contributed by atoms with van der Waals surface area (Å²) in [5.74, 6) is 1.35. The molecule has 0 bridgehead atoms. The zero-order valence-corrected chi connectivity index (χ0v) is 19.8.